The van der Waals surface area contributed by atoms with E-state index in [1.807, 2.05) is 0 Å². The van der Waals surface area contributed by atoms with Crippen LogP contribution in [0, 0.1) is 0 Å². The monoisotopic (exact) mass is 294 g/mol. The van der Waals surface area contributed by atoms with E-state index in [4.69, 9.17) is 34.8 Å². The quantitative estimate of drug-likeness (QED) is 0.785. The van der Waals surface area contributed by atoms with Gasteiger partial charge in [0.2, 0.25) is 14.2 Å². The van der Waals surface area contributed by atoms with Crippen molar-refractivity contribution < 1.29 is 8.42 Å². The molecule has 80 valence electrons. The van der Waals surface area contributed by atoms with Crippen molar-refractivity contribution in [3.63, 3.8) is 0 Å². The molecule has 0 aromatic carbocycles. The lowest BCUT2D eigenvalue weighted by molar-refractivity contribution is 0.596. The fraction of sp³-hybridized carbons (Fsp3) is 0.600. The van der Waals surface area contributed by atoms with E-state index in [1.54, 1.807) is 0 Å². The number of hydrogen-bond donors (Lipinski definition) is 0. The van der Waals surface area contributed by atoms with Gasteiger partial charge in [-0.05, 0) is 11.5 Å². The van der Waals surface area contributed by atoms with E-state index in [9.17, 15) is 8.42 Å². The first-order chi connectivity index (χ1) is 6.27. The third-order valence-electron chi connectivity index (χ3n) is 1.31. The second kappa shape index (κ2) is 4.09. The van der Waals surface area contributed by atoms with Crippen LogP contribution in [-0.4, -0.2) is 23.5 Å². The van der Waals surface area contributed by atoms with Crippen molar-refractivity contribution in [2.75, 3.05) is 5.75 Å². The number of rotatable bonds is 2. The predicted octanol–water partition coefficient (Wildman–Crippen LogP) is 2.16. The first-order valence-corrected chi connectivity index (χ1v) is 6.97. The summed E-state index contributed by atoms with van der Waals surface area (Å²) in [5, 5.41) is 0. The lowest BCUT2D eigenvalue weighted by atomic mass is 10.7. The maximum absolute atomic E-state index is 11.3. The summed E-state index contributed by atoms with van der Waals surface area (Å²) in [7, 11) is -3.37. The zero-order valence-electron chi connectivity index (χ0n) is 6.87. The van der Waals surface area contributed by atoms with Crippen LogP contribution in [0.25, 0.3) is 0 Å². The fourth-order valence-corrected chi connectivity index (χ4v) is 2.84. The number of alkyl halides is 3. The van der Waals surface area contributed by atoms with Crippen molar-refractivity contribution in [3.05, 3.63) is 5.82 Å². The van der Waals surface area contributed by atoms with E-state index < -0.39 is 13.6 Å². The molecule has 0 aliphatic rings. The molecule has 1 aromatic rings. The third-order valence-corrected chi connectivity index (χ3v) is 4.69. The molecular formula is C5H5Cl3N2O2S2. The van der Waals surface area contributed by atoms with Crippen LogP contribution in [0.4, 0.5) is 0 Å². The average molecular weight is 296 g/mol. The lowest BCUT2D eigenvalue weighted by Crippen LogP contribution is -2.06. The van der Waals surface area contributed by atoms with Gasteiger partial charge < -0.3 is 0 Å². The molecule has 0 bridgehead atoms. The Morgan fingerprint density at radius 1 is 1.43 bits per heavy atom. The predicted molar refractivity (Wildman–Crippen MR) is 56.9 cm³/mol. The third kappa shape index (κ3) is 2.70. The normalized spacial score (nSPS) is 13.1. The molecule has 14 heavy (non-hydrogen) atoms. The summed E-state index contributed by atoms with van der Waals surface area (Å²) in [6.45, 7) is 1.51. The van der Waals surface area contributed by atoms with Crippen LogP contribution < -0.4 is 0 Å². The number of hydrogen-bond acceptors (Lipinski definition) is 5. The van der Waals surface area contributed by atoms with Gasteiger partial charge in [-0.2, -0.15) is 4.37 Å². The van der Waals surface area contributed by atoms with Crippen LogP contribution in [-0.2, 0) is 13.6 Å². The minimum atomic E-state index is -3.37. The molecule has 0 fully saturated rings. The summed E-state index contributed by atoms with van der Waals surface area (Å²) in [4.78, 5) is 3.65. The Balaban J connectivity index is 3.13. The highest BCUT2D eigenvalue weighted by atomic mass is 35.6. The van der Waals surface area contributed by atoms with Crippen molar-refractivity contribution in [1.82, 2.24) is 9.36 Å². The van der Waals surface area contributed by atoms with E-state index >= 15 is 0 Å². The Labute approximate surface area is 100 Å². The topological polar surface area (TPSA) is 59.9 Å². The standard InChI is InChI=1S/C5H5Cl3N2O2S2/c1-2-14(11,12)4-9-3(10-13-4)5(6,7)8/h2H2,1H3. The first kappa shape index (κ1) is 12.4. The second-order valence-electron chi connectivity index (χ2n) is 2.29. The summed E-state index contributed by atoms with van der Waals surface area (Å²) < 4.78 is 24.4. The molecule has 9 heteroatoms. The summed E-state index contributed by atoms with van der Waals surface area (Å²) >= 11 is 17.2. The zero-order chi connectivity index (χ0) is 11.0. The average Bonchev–Trinajstić information content (AvgIpc) is 2.51. The van der Waals surface area contributed by atoms with Gasteiger partial charge in [-0.1, -0.05) is 41.7 Å². The molecule has 0 atom stereocenters. The van der Waals surface area contributed by atoms with E-state index in [0.717, 1.165) is 0 Å². The zero-order valence-corrected chi connectivity index (χ0v) is 10.8. The van der Waals surface area contributed by atoms with Gasteiger partial charge in [0.05, 0.1) is 5.75 Å². The Bertz CT molecular complexity index is 422. The Morgan fingerprint density at radius 3 is 2.36 bits per heavy atom. The molecule has 0 saturated heterocycles. The summed E-state index contributed by atoms with van der Waals surface area (Å²) in [6, 6.07) is 0. The molecule has 1 heterocycles. The second-order valence-corrected chi connectivity index (χ2v) is 7.77. The molecule has 0 spiro atoms. The van der Waals surface area contributed by atoms with Crippen molar-refractivity contribution in [1.29, 1.82) is 0 Å². The molecule has 0 amide bonds. The molecule has 0 unspecified atom stereocenters. The van der Waals surface area contributed by atoms with E-state index in [2.05, 4.69) is 9.36 Å². The number of nitrogens with zero attached hydrogens (tertiary/aromatic N) is 2. The van der Waals surface area contributed by atoms with Crippen LogP contribution in [0.2, 0.25) is 0 Å². The van der Waals surface area contributed by atoms with Gasteiger partial charge >= 0.3 is 0 Å². The van der Waals surface area contributed by atoms with Crippen molar-refractivity contribution >= 4 is 56.2 Å². The minimum Gasteiger partial charge on any atom is -0.221 e. The lowest BCUT2D eigenvalue weighted by Gasteiger charge is -2.03. The highest BCUT2D eigenvalue weighted by molar-refractivity contribution is 7.93. The molecule has 1 aromatic heterocycles. The molecule has 0 radical (unpaired) electrons. The maximum Gasteiger partial charge on any atom is 0.251 e. The molecule has 1 rings (SSSR count). The van der Waals surface area contributed by atoms with Crippen LogP contribution in [0.15, 0.2) is 4.34 Å². The van der Waals surface area contributed by atoms with Gasteiger partial charge in [-0.15, -0.1) is 0 Å². The van der Waals surface area contributed by atoms with Crippen LogP contribution >= 0.6 is 46.3 Å². The largest absolute Gasteiger partial charge is 0.251 e. The summed E-state index contributed by atoms with van der Waals surface area (Å²) in [5.41, 5.74) is 0. The Kier molecular flexibility index (Phi) is 3.64. The van der Waals surface area contributed by atoms with E-state index in [1.165, 1.54) is 6.92 Å². The molecular weight excluding hydrogens is 291 g/mol. The van der Waals surface area contributed by atoms with Gasteiger partial charge in [-0.3, -0.25) is 0 Å². The molecule has 0 saturated carbocycles. The van der Waals surface area contributed by atoms with Gasteiger partial charge in [0.25, 0.3) is 3.79 Å². The van der Waals surface area contributed by atoms with Gasteiger partial charge in [-0.25, -0.2) is 13.4 Å². The SMILES string of the molecule is CCS(=O)(=O)c1nc(C(Cl)(Cl)Cl)ns1. The highest BCUT2D eigenvalue weighted by Gasteiger charge is 2.30. The van der Waals surface area contributed by atoms with Crippen molar-refractivity contribution in [2.24, 2.45) is 0 Å². The number of halogens is 3. The number of sulfone groups is 1. The minimum absolute atomic E-state index is 0.0541. The number of aromatic nitrogens is 2. The van der Waals surface area contributed by atoms with Gasteiger partial charge in [0.1, 0.15) is 0 Å². The van der Waals surface area contributed by atoms with Crippen LogP contribution in [0.1, 0.15) is 12.7 Å². The first-order valence-electron chi connectivity index (χ1n) is 3.41. The van der Waals surface area contributed by atoms with Crippen molar-refractivity contribution in [2.45, 2.75) is 15.1 Å². The molecule has 4 nitrogen and oxygen atoms in total. The Hall–Kier alpha value is 0.380. The maximum atomic E-state index is 11.3. The summed E-state index contributed by atoms with van der Waals surface area (Å²) in [5.74, 6) is -0.166. The van der Waals surface area contributed by atoms with Crippen LogP contribution in [0.3, 0.4) is 0 Å². The summed E-state index contributed by atoms with van der Waals surface area (Å²) in [6.07, 6.45) is 0. The van der Waals surface area contributed by atoms with E-state index in [0.29, 0.717) is 11.5 Å². The van der Waals surface area contributed by atoms with E-state index in [-0.39, 0.29) is 15.9 Å². The van der Waals surface area contributed by atoms with Gasteiger partial charge in [0, 0.05) is 0 Å². The molecule has 0 N–H and O–H groups in total. The smallest absolute Gasteiger partial charge is 0.221 e. The van der Waals surface area contributed by atoms with Crippen molar-refractivity contribution in [3.8, 4) is 0 Å². The molecule has 0 aliphatic carbocycles. The highest BCUT2D eigenvalue weighted by Crippen LogP contribution is 2.37. The van der Waals surface area contributed by atoms with Crippen LogP contribution in [0.5, 0.6) is 0 Å². The Morgan fingerprint density at radius 2 is 2.00 bits per heavy atom. The van der Waals surface area contributed by atoms with Gasteiger partial charge in [0.15, 0.2) is 5.82 Å². The fourth-order valence-electron chi connectivity index (χ4n) is 0.575. The molecule has 0 aliphatic heterocycles.